The van der Waals surface area contributed by atoms with E-state index in [0.717, 1.165) is 15.4 Å². The highest BCUT2D eigenvalue weighted by atomic mass is 79.9. The van der Waals surface area contributed by atoms with Crippen molar-refractivity contribution < 1.29 is 13.9 Å². The molecule has 0 saturated heterocycles. The summed E-state index contributed by atoms with van der Waals surface area (Å²) in [6.07, 6.45) is 0. The first-order chi connectivity index (χ1) is 10.0. The third-order valence-corrected chi connectivity index (χ3v) is 4.72. The number of nitrogens with two attached hydrogens (primary N) is 1. The van der Waals surface area contributed by atoms with Gasteiger partial charge in [0.1, 0.15) is 5.82 Å². The molecule has 0 aliphatic carbocycles. The lowest BCUT2D eigenvalue weighted by Gasteiger charge is -2.10. The van der Waals surface area contributed by atoms with Crippen molar-refractivity contribution in [2.45, 2.75) is 16.7 Å². The molecule has 0 heterocycles. The lowest BCUT2D eigenvalue weighted by Crippen LogP contribution is -2.08. The largest absolute Gasteiger partial charge is 0.462 e. The summed E-state index contributed by atoms with van der Waals surface area (Å²) in [5.41, 5.74) is 5.93. The van der Waals surface area contributed by atoms with Gasteiger partial charge in [-0.1, -0.05) is 23.9 Å². The molecule has 0 bridgehead atoms. The summed E-state index contributed by atoms with van der Waals surface area (Å²) in [7, 11) is 0. The fourth-order valence-electron chi connectivity index (χ4n) is 1.68. The summed E-state index contributed by atoms with van der Waals surface area (Å²) in [5, 5.41) is 0. The van der Waals surface area contributed by atoms with Crippen molar-refractivity contribution in [3.8, 4) is 0 Å². The van der Waals surface area contributed by atoms with Crippen molar-refractivity contribution in [3.63, 3.8) is 0 Å². The third-order valence-electron chi connectivity index (χ3n) is 2.66. The average molecular weight is 370 g/mol. The molecule has 0 spiro atoms. The van der Waals surface area contributed by atoms with Crippen LogP contribution >= 0.6 is 27.7 Å². The van der Waals surface area contributed by atoms with E-state index >= 15 is 0 Å². The van der Waals surface area contributed by atoms with Gasteiger partial charge in [-0.15, -0.1) is 0 Å². The lowest BCUT2D eigenvalue weighted by atomic mass is 10.2. The first-order valence-electron chi connectivity index (χ1n) is 6.21. The number of hydrogen-bond donors (Lipinski definition) is 1. The minimum absolute atomic E-state index is 0.0717. The predicted molar refractivity (Wildman–Crippen MR) is 85.0 cm³/mol. The van der Waals surface area contributed by atoms with Crippen LogP contribution in [0.2, 0.25) is 0 Å². The van der Waals surface area contributed by atoms with Gasteiger partial charge in [-0.05, 0) is 47.1 Å². The first kappa shape index (κ1) is 15.9. The van der Waals surface area contributed by atoms with Crippen LogP contribution in [0.3, 0.4) is 0 Å². The zero-order valence-corrected chi connectivity index (χ0v) is 13.6. The fraction of sp³-hybridized carbons (Fsp3) is 0.133. The maximum Gasteiger partial charge on any atom is 0.340 e. The van der Waals surface area contributed by atoms with Crippen molar-refractivity contribution in [2.24, 2.45) is 0 Å². The molecule has 2 aromatic rings. The zero-order valence-electron chi connectivity index (χ0n) is 11.2. The van der Waals surface area contributed by atoms with Crippen LogP contribution in [0.4, 0.5) is 10.1 Å². The van der Waals surface area contributed by atoms with Gasteiger partial charge in [-0.3, -0.25) is 0 Å². The number of hydrogen-bond acceptors (Lipinski definition) is 4. The molecule has 2 rings (SSSR count). The molecule has 0 amide bonds. The average Bonchev–Trinajstić information content (AvgIpc) is 2.44. The van der Waals surface area contributed by atoms with Crippen molar-refractivity contribution in [1.82, 2.24) is 0 Å². The number of benzene rings is 2. The van der Waals surface area contributed by atoms with Gasteiger partial charge >= 0.3 is 5.97 Å². The first-order valence-corrected chi connectivity index (χ1v) is 7.82. The standard InChI is InChI=1S/C15H13BrFNO2S/c1-2-20-15(19)9-7-14(11(17)8-12(9)18)21-13-6-4-3-5-10(13)16/h3-8H,2,18H2,1H3. The Hall–Kier alpha value is -1.53. The van der Waals surface area contributed by atoms with Gasteiger partial charge in [0, 0.05) is 20.0 Å². The van der Waals surface area contributed by atoms with Gasteiger partial charge in [0.15, 0.2) is 0 Å². The maximum absolute atomic E-state index is 14.0. The highest BCUT2D eigenvalue weighted by Crippen LogP contribution is 2.36. The highest BCUT2D eigenvalue weighted by molar-refractivity contribution is 9.10. The molecule has 2 N–H and O–H groups in total. The van der Waals surface area contributed by atoms with Gasteiger partial charge in [0.05, 0.1) is 12.2 Å². The number of halogens is 2. The Labute approximate surface area is 134 Å². The summed E-state index contributed by atoms with van der Waals surface area (Å²) in [4.78, 5) is 13.0. The summed E-state index contributed by atoms with van der Waals surface area (Å²) in [6, 6.07) is 10.0. The molecule has 0 unspecified atom stereocenters. The molecule has 0 aliphatic heterocycles. The van der Waals surface area contributed by atoms with Crippen molar-refractivity contribution in [2.75, 3.05) is 12.3 Å². The molecular formula is C15H13BrFNO2S. The zero-order chi connectivity index (χ0) is 15.4. The molecule has 0 fully saturated rings. The summed E-state index contributed by atoms with van der Waals surface area (Å²) in [5.74, 6) is -1.02. The minimum Gasteiger partial charge on any atom is -0.462 e. The SMILES string of the molecule is CCOC(=O)c1cc(Sc2ccccc2Br)c(F)cc1N. The molecule has 0 radical (unpaired) electrons. The van der Waals surface area contributed by atoms with E-state index in [4.69, 9.17) is 10.5 Å². The van der Waals surface area contributed by atoms with E-state index in [-0.39, 0.29) is 17.9 Å². The summed E-state index contributed by atoms with van der Waals surface area (Å²) in [6.45, 7) is 1.94. The summed E-state index contributed by atoms with van der Waals surface area (Å²) >= 11 is 4.62. The molecule has 0 aromatic heterocycles. The topological polar surface area (TPSA) is 52.3 Å². The molecular weight excluding hydrogens is 357 g/mol. The van der Waals surface area contributed by atoms with Gasteiger partial charge in [0.25, 0.3) is 0 Å². The van der Waals surface area contributed by atoms with Gasteiger partial charge in [-0.2, -0.15) is 0 Å². The Bertz CT molecular complexity index is 679. The van der Waals surface area contributed by atoms with E-state index in [1.165, 1.54) is 17.8 Å². The van der Waals surface area contributed by atoms with E-state index in [9.17, 15) is 9.18 Å². The van der Waals surface area contributed by atoms with E-state index < -0.39 is 11.8 Å². The van der Waals surface area contributed by atoms with Gasteiger partial charge < -0.3 is 10.5 Å². The van der Waals surface area contributed by atoms with Crippen LogP contribution in [0.25, 0.3) is 0 Å². The van der Waals surface area contributed by atoms with E-state index in [1.54, 1.807) is 6.92 Å². The van der Waals surface area contributed by atoms with Crippen LogP contribution in [0.15, 0.2) is 50.7 Å². The van der Waals surface area contributed by atoms with Crippen LogP contribution < -0.4 is 5.73 Å². The van der Waals surface area contributed by atoms with E-state index in [2.05, 4.69) is 15.9 Å². The Balaban J connectivity index is 2.38. The maximum atomic E-state index is 14.0. The van der Waals surface area contributed by atoms with Crippen molar-refractivity contribution >= 4 is 39.3 Å². The third kappa shape index (κ3) is 3.77. The molecule has 0 saturated carbocycles. The van der Waals surface area contributed by atoms with Gasteiger partial charge in [-0.25, -0.2) is 9.18 Å². The normalized spacial score (nSPS) is 10.4. The van der Waals surface area contributed by atoms with Crippen LogP contribution in [-0.2, 0) is 4.74 Å². The number of anilines is 1. The minimum atomic E-state index is -0.552. The molecule has 6 heteroatoms. The number of nitrogen functional groups attached to an aromatic ring is 1. The number of ether oxygens (including phenoxy) is 1. The molecule has 0 atom stereocenters. The van der Waals surface area contributed by atoms with Gasteiger partial charge in [0.2, 0.25) is 0 Å². The Kier molecular flexibility index (Phi) is 5.25. The Morgan fingerprint density at radius 2 is 2.05 bits per heavy atom. The molecule has 110 valence electrons. The molecule has 21 heavy (non-hydrogen) atoms. The van der Waals surface area contributed by atoms with Crippen molar-refractivity contribution in [3.05, 3.63) is 52.3 Å². The molecule has 2 aromatic carbocycles. The Morgan fingerprint density at radius 3 is 2.71 bits per heavy atom. The predicted octanol–water partition coefficient (Wildman–Crippen LogP) is 4.50. The lowest BCUT2D eigenvalue weighted by molar-refractivity contribution is 0.0527. The van der Waals surface area contributed by atoms with Crippen molar-refractivity contribution in [1.29, 1.82) is 0 Å². The fourth-order valence-corrected chi connectivity index (χ4v) is 3.09. The number of esters is 1. The van der Waals surface area contributed by atoms with Crippen LogP contribution in [0.5, 0.6) is 0 Å². The second kappa shape index (κ2) is 6.95. The van der Waals surface area contributed by atoms with Crippen LogP contribution in [0, 0.1) is 5.82 Å². The van der Waals surface area contributed by atoms with Crippen LogP contribution in [0.1, 0.15) is 17.3 Å². The molecule has 3 nitrogen and oxygen atoms in total. The van der Waals surface area contributed by atoms with E-state index in [0.29, 0.717) is 4.90 Å². The van der Waals surface area contributed by atoms with E-state index in [1.807, 2.05) is 24.3 Å². The quantitative estimate of drug-likeness (QED) is 0.636. The highest BCUT2D eigenvalue weighted by Gasteiger charge is 2.16. The number of carbonyl (C=O) groups excluding carboxylic acids is 1. The molecule has 0 aliphatic rings. The van der Waals surface area contributed by atoms with Crippen LogP contribution in [-0.4, -0.2) is 12.6 Å². The smallest absolute Gasteiger partial charge is 0.340 e. The second-order valence-electron chi connectivity index (χ2n) is 4.12. The second-order valence-corrected chi connectivity index (χ2v) is 6.06. The monoisotopic (exact) mass is 369 g/mol. The Morgan fingerprint density at radius 1 is 1.33 bits per heavy atom. The summed E-state index contributed by atoms with van der Waals surface area (Å²) < 4.78 is 19.8. The number of rotatable bonds is 4. The number of carbonyl (C=O) groups is 1.